The lowest BCUT2D eigenvalue weighted by molar-refractivity contribution is -0.139. The highest BCUT2D eigenvalue weighted by Crippen LogP contribution is 2.34. The second kappa shape index (κ2) is 10.4. The molecule has 4 rings (SSSR count). The summed E-state index contributed by atoms with van der Waals surface area (Å²) in [5.74, 6) is -1.22. The number of hydrogen-bond donors (Lipinski definition) is 2. The van der Waals surface area contributed by atoms with E-state index in [1.54, 1.807) is 17.0 Å². The highest BCUT2D eigenvalue weighted by atomic mass is 16.4. The van der Waals surface area contributed by atoms with Crippen LogP contribution in [0.25, 0.3) is 6.08 Å². The molecule has 35 heavy (non-hydrogen) atoms. The SMILES string of the molecule is C=CCN1CC(=O)C2=C(CN(C/C=C/c3ccccc3)C(=O)C2Cc2ccc(O)cc2)N1C(=O)O. The number of hydrazine groups is 1. The van der Waals surface area contributed by atoms with Gasteiger partial charge in [-0.1, -0.05) is 60.7 Å². The molecular formula is C27H27N3O5. The lowest BCUT2D eigenvalue weighted by atomic mass is 9.83. The molecule has 1 unspecified atom stereocenters. The number of rotatable bonds is 7. The number of benzene rings is 2. The van der Waals surface area contributed by atoms with Crippen LogP contribution < -0.4 is 0 Å². The van der Waals surface area contributed by atoms with Crippen molar-refractivity contribution < 1.29 is 24.6 Å². The summed E-state index contributed by atoms with van der Waals surface area (Å²) in [4.78, 5) is 40.6. The smallest absolute Gasteiger partial charge is 0.426 e. The van der Waals surface area contributed by atoms with Crippen LogP contribution >= 0.6 is 0 Å². The summed E-state index contributed by atoms with van der Waals surface area (Å²) >= 11 is 0. The summed E-state index contributed by atoms with van der Waals surface area (Å²) < 4.78 is 0. The van der Waals surface area contributed by atoms with E-state index in [1.807, 2.05) is 42.5 Å². The van der Waals surface area contributed by atoms with Crippen LogP contribution in [0, 0.1) is 5.92 Å². The number of ketones is 1. The minimum Gasteiger partial charge on any atom is -0.508 e. The molecule has 0 radical (unpaired) electrons. The standard InChI is InChI=1S/C27H27N3O5/c1-2-14-29-18-24(32)25-22(16-20-10-12-21(31)13-11-20)26(33)28(17-23(25)30(29)27(34)35)15-6-9-19-7-4-3-5-8-19/h2-13,22,31H,1,14-18H2,(H,34,35)/b9-6+. The normalized spacial score (nSPS) is 18.8. The van der Waals surface area contributed by atoms with Gasteiger partial charge in [-0.2, -0.15) is 5.01 Å². The van der Waals surface area contributed by atoms with E-state index in [0.29, 0.717) is 5.70 Å². The van der Waals surface area contributed by atoms with E-state index in [0.717, 1.165) is 16.1 Å². The van der Waals surface area contributed by atoms with Crippen LogP contribution in [0.2, 0.25) is 0 Å². The minimum atomic E-state index is -1.22. The van der Waals surface area contributed by atoms with Gasteiger partial charge in [0.2, 0.25) is 5.91 Å². The molecule has 2 aliphatic rings. The van der Waals surface area contributed by atoms with Crippen molar-refractivity contribution in [2.75, 3.05) is 26.2 Å². The number of carbonyl (C=O) groups is 3. The van der Waals surface area contributed by atoms with E-state index in [-0.39, 0.29) is 55.6 Å². The van der Waals surface area contributed by atoms with Gasteiger partial charge in [0, 0.05) is 18.7 Å². The van der Waals surface area contributed by atoms with Gasteiger partial charge in [0.15, 0.2) is 5.78 Å². The lowest BCUT2D eigenvalue weighted by Crippen LogP contribution is -2.58. The average molecular weight is 474 g/mol. The monoisotopic (exact) mass is 473 g/mol. The van der Waals surface area contributed by atoms with Gasteiger partial charge in [0.05, 0.1) is 24.7 Å². The zero-order valence-corrected chi connectivity index (χ0v) is 19.2. The highest BCUT2D eigenvalue weighted by molar-refractivity contribution is 6.05. The first-order valence-electron chi connectivity index (χ1n) is 11.3. The predicted octanol–water partition coefficient (Wildman–Crippen LogP) is 3.33. The maximum absolute atomic E-state index is 13.6. The Labute approximate surface area is 203 Å². The van der Waals surface area contributed by atoms with Crippen molar-refractivity contribution in [3.63, 3.8) is 0 Å². The van der Waals surface area contributed by atoms with Crippen LogP contribution in [0.3, 0.4) is 0 Å². The number of hydrogen-bond acceptors (Lipinski definition) is 5. The molecule has 2 N–H and O–H groups in total. The Kier molecular flexibility index (Phi) is 7.12. The van der Waals surface area contributed by atoms with Crippen molar-refractivity contribution in [2.45, 2.75) is 6.42 Å². The molecule has 0 saturated carbocycles. The highest BCUT2D eigenvalue weighted by Gasteiger charge is 2.45. The maximum atomic E-state index is 13.6. The molecule has 2 amide bonds. The first kappa shape index (κ1) is 24.0. The number of phenols is 1. The Hall–Kier alpha value is -4.17. The number of nitrogens with zero attached hydrogens (tertiary/aromatic N) is 3. The van der Waals surface area contributed by atoms with Crippen molar-refractivity contribution >= 4 is 23.9 Å². The van der Waals surface area contributed by atoms with Crippen LogP contribution in [0.4, 0.5) is 4.79 Å². The van der Waals surface area contributed by atoms with Crippen molar-refractivity contribution in [1.82, 2.24) is 14.9 Å². The first-order valence-corrected chi connectivity index (χ1v) is 11.3. The Morgan fingerprint density at radius 2 is 1.74 bits per heavy atom. The van der Waals surface area contributed by atoms with Crippen molar-refractivity contribution in [1.29, 1.82) is 0 Å². The quantitative estimate of drug-likeness (QED) is 0.599. The third-order valence-corrected chi connectivity index (χ3v) is 6.11. The third kappa shape index (κ3) is 5.17. The topological polar surface area (TPSA) is 101 Å². The fraction of sp³-hybridized carbons (Fsp3) is 0.222. The number of aromatic hydroxyl groups is 1. The summed E-state index contributed by atoms with van der Waals surface area (Å²) in [6.45, 7) is 3.97. The molecule has 0 bridgehead atoms. The van der Waals surface area contributed by atoms with Gasteiger partial charge in [-0.3, -0.25) is 9.59 Å². The van der Waals surface area contributed by atoms with Gasteiger partial charge in [-0.05, 0) is 29.7 Å². The number of carboxylic acid groups (broad SMARTS) is 1. The molecule has 0 spiro atoms. The van der Waals surface area contributed by atoms with Crippen LogP contribution in [0.5, 0.6) is 5.75 Å². The van der Waals surface area contributed by atoms with E-state index in [1.165, 1.54) is 23.2 Å². The maximum Gasteiger partial charge on any atom is 0.426 e. The third-order valence-electron chi connectivity index (χ3n) is 6.11. The zero-order chi connectivity index (χ0) is 24.9. The van der Waals surface area contributed by atoms with Gasteiger partial charge in [-0.25, -0.2) is 9.80 Å². The molecule has 180 valence electrons. The molecule has 2 aromatic rings. The number of phenolic OH excluding ortho intramolecular Hbond substituents is 1. The number of carbonyl (C=O) groups excluding carboxylic acids is 2. The van der Waals surface area contributed by atoms with E-state index < -0.39 is 12.0 Å². The van der Waals surface area contributed by atoms with Crippen LogP contribution in [-0.4, -0.2) is 69.1 Å². The molecule has 2 aliphatic heterocycles. The van der Waals surface area contributed by atoms with Gasteiger partial charge < -0.3 is 15.1 Å². The molecule has 0 fully saturated rings. The molecule has 8 nitrogen and oxygen atoms in total. The van der Waals surface area contributed by atoms with E-state index >= 15 is 0 Å². The Morgan fingerprint density at radius 1 is 1.03 bits per heavy atom. The van der Waals surface area contributed by atoms with Gasteiger partial charge >= 0.3 is 6.09 Å². The molecule has 0 aliphatic carbocycles. The van der Waals surface area contributed by atoms with Crippen LogP contribution in [0.1, 0.15) is 11.1 Å². The molecule has 0 saturated heterocycles. The Balaban J connectivity index is 1.71. The predicted molar refractivity (Wildman–Crippen MR) is 131 cm³/mol. The summed E-state index contributed by atoms with van der Waals surface area (Å²) in [5, 5.41) is 22.1. The number of amides is 2. The first-order chi connectivity index (χ1) is 16.9. The average Bonchev–Trinajstić information content (AvgIpc) is 2.83. The number of Topliss-reactive ketones (excluding diaryl/α,β-unsaturated/α-hetero) is 1. The summed E-state index contributed by atoms with van der Waals surface area (Å²) in [7, 11) is 0. The van der Waals surface area contributed by atoms with Gasteiger partial charge in [0.1, 0.15) is 5.75 Å². The molecule has 8 heteroatoms. The molecule has 1 atom stereocenters. The van der Waals surface area contributed by atoms with E-state index in [4.69, 9.17) is 0 Å². The fourth-order valence-electron chi connectivity index (χ4n) is 4.54. The summed E-state index contributed by atoms with van der Waals surface area (Å²) in [6, 6.07) is 16.1. The minimum absolute atomic E-state index is 0.00502. The van der Waals surface area contributed by atoms with Crippen molar-refractivity contribution in [3.05, 3.63) is 95.7 Å². The van der Waals surface area contributed by atoms with E-state index in [2.05, 4.69) is 6.58 Å². The molecule has 0 aromatic heterocycles. The second-order valence-corrected chi connectivity index (χ2v) is 8.47. The zero-order valence-electron chi connectivity index (χ0n) is 19.2. The lowest BCUT2D eigenvalue weighted by Gasteiger charge is -2.44. The molecule has 2 heterocycles. The van der Waals surface area contributed by atoms with Crippen molar-refractivity contribution in [2.24, 2.45) is 5.92 Å². The largest absolute Gasteiger partial charge is 0.508 e. The second-order valence-electron chi connectivity index (χ2n) is 8.47. The van der Waals surface area contributed by atoms with Gasteiger partial charge in [-0.15, -0.1) is 6.58 Å². The summed E-state index contributed by atoms with van der Waals surface area (Å²) in [5.41, 5.74) is 2.29. The summed E-state index contributed by atoms with van der Waals surface area (Å²) in [6.07, 6.45) is 4.30. The molecule has 2 aromatic carbocycles. The van der Waals surface area contributed by atoms with Crippen molar-refractivity contribution in [3.8, 4) is 5.75 Å². The van der Waals surface area contributed by atoms with E-state index in [9.17, 15) is 24.6 Å². The van der Waals surface area contributed by atoms with Crippen LogP contribution in [-0.2, 0) is 16.0 Å². The van der Waals surface area contributed by atoms with Gasteiger partial charge in [0.25, 0.3) is 0 Å². The Morgan fingerprint density at radius 3 is 2.40 bits per heavy atom. The Bertz CT molecular complexity index is 1190. The fourth-order valence-corrected chi connectivity index (χ4v) is 4.54. The van der Waals surface area contributed by atoms with Crippen LogP contribution in [0.15, 0.2) is 84.6 Å². The molecular weight excluding hydrogens is 446 g/mol.